The second-order valence-electron chi connectivity index (χ2n) is 3.42. The van der Waals surface area contributed by atoms with E-state index in [1.807, 2.05) is 12.3 Å². The smallest absolute Gasteiger partial charge is 0.128 e. The van der Waals surface area contributed by atoms with Gasteiger partial charge in [-0.25, -0.2) is 0 Å². The molecule has 1 N–H and O–H groups in total. The van der Waals surface area contributed by atoms with Gasteiger partial charge in [-0.3, -0.25) is 4.98 Å². The molecule has 4 heteroatoms. The number of nitrogens with one attached hydrogen (secondary N) is 1. The average molecular weight is 203 g/mol. The van der Waals surface area contributed by atoms with Crippen LogP contribution in [0.1, 0.15) is 24.1 Å². The van der Waals surface area contributed by atoms with Gasteiger partial charge in [0.2, 0.25) is 0 Å². The van der Waals surface area contributed by atoms with Crippen molar-refractivity contribution in [2.75, 3.05) is 0 Å². The number of aromatic nitrogens is 2. The zero-order valence-corrected chi connectivity index (χ0v) is 8.55. The number of pyridine rings is 1. The quantitative estimate of drug-likeness (QED) is 0.824. The van der Waals surface area contributed by atoms with Crippen molar-refractivity contribution in [2.45, 2.75) is 19.5 Å². The second kappa shape index (κ2) is 4.70. The molecule has 0 radical (unpaired) electrons. The van der Waals surface area contributed by atoms with Crippen molar-refractivity contribution < 1.29 is 4.52 Å². The van der Waals surface area contributed by atoms with E-state index in [4.69, 9.17) is 4.52 Å². The lowest BCUT2D eigenvalue weighted by molar-refractivity contribution is 0.418. The van der Waals surface area contributed by atoms with Crippen LogP contribution in [0.2, 0.25) is 0 Å². The summed E-state index contributed by atoms with van der Waals surface area (Å²) in [5.74, 6) is 0. The van der Waals surface area contributed by atoms with Gasteiger partial charge in [-0.2, -0.15) is 0 Å². The van der Waals surface area contributed by atoms with Crippen LogP contribution in [0, 0.1) is 0 Å². The Balaban J connectivity index is 1.90. The van der Waals surface area contributed by atoms with Crippen LogP contribution in [0.15, 0.2) is 41.5 Å². The van der Waals surface area contributed by atoms with Crippen LogP contribution in [0.25, 0.3) is 0 Å². The van der Waals surface area contributed by atoms with Crippen molar-refractivity contribution in [1.29, 1.82) is 0 Å². The molecule has 0 bridgehead atoms. The highest BCUT2D eigenvalue weighted by atomic mass is 16.5. The lowest BCUT2D eigenvalue weighted by Gasteiger charge is -2.12. The Morgan fingerprint density at radius 3 is 3.07 bits per heavy atom. The first kappa shape index (κ1) is 9.86. The third-order valence-electron chi connectivity index (χ3n) is 2.28. The molecule has 2 aromatic rings. The molecule has 0 saturated carbocycles. The molecule has 1 unspecified atom stereocenters. The van der Waals surface area contributed by atoms with Gasteiger partial charge in [0.25, 0.3) is 0 Å². The van der Waals surface area contributed by atoms with E-state index in [-0.39, 0.29) is 6.04 Å². The summed E-state index contributed by atoms with van der Waals surface area (Å²) in [4.78, 5) is 4.08. The monoisotopic (exact) mass is 203 g/mol. The summed E-state index contributed by atoms with van der Waals surface area (Å²) in [6.07, 6.45) is 6.99. The van der Waals surface area contributed by atoms with Gasteiger partial charge in [0.1, 0.15) is 6.26 Å². The maximum Gasteiger partial charge on any atom is 0.128 e. The summed E-state index contributed by atoms with van der Waals surface area (Å²) in [6, 6.07) is 4.26. The van der Waals surface area contributed by atoms with Crippen LogP contribution >= 0.6 is 0 Å². The molecule has 0 spiro atoms. The fourth-order valence-electron chi connectivity index (χ4n) is 1.33. The first-order chi connectivity index (χ1) is 7.36. The summed E-state index contributed by atoms with van der Waals surface area (Å²) < 4.78 is 4.75. The highest BCUT2D eigenvalue weighted by Gasteiger charge is 2.04. The van der Waals surface area contributed by atoms with Gasteiger partial charge in [-0.15, -0.1) is 0 Å². The summed E-state index contributed by atoms with van der Waals surface area (Å²) in [5, 5.41) is 7.01. The van der Waals surface area contributed by atoms with Gasteiger partial charge in [0.05, 0.1) is 6.20 Å². The van der Waals surface area contributed by atoms with Crippen LogP contribution in [0.5, 0.6) is 0 Å². The van der Waals surface area contributed by atoms with Gasteiger partial charge in [0, 0.05) is 30.5 Å². The molecular weight excluding hydrogens is 190 g/mol. The van der Waals surface area contributed by atoms with Crippen molar-refractivity contribution >= 4 is 0 Å². The zero-order chi connectivity index (χ0) is 10.5. The SMILES string of the molecule is CC(NCc1cnoc1)c1cccnc1. The van der Waals surface area contributed by atoms with Crippen LogP contribution in [0.3, 0.4) is 0 Å². The van der Waals surface area contributed by atoms with Crippen molar-refractivity contribution in [3.05, 3.63) is 48.1 Å². The average Bonchev–Trinajstić information content (AvgIpc) is 2.80. The molecule has 4 nitrogen and oxygen atoms in total. The standard InChI is InChI=1S/C11H13N3O/c1-9(11-3-2-4-12-7-11)13-5-10-6-14-15-8-10/h2-4,6-9,13H,5H2,1H3. The van der Waals surface area contributed by atoms with E-state index in [1.54, 1.807) is 18.7 Å². The topological polar surface area (TPSA) is 51.0 Å². The molecule has 0 aromatic carbocycles. The van der Waals surface area contributed by atoms with Gasteiger partial charge in [-0.1, -0.05) is 11.2 Å². The normalized spacial score (nSPS) is 12.6. The van der Waals surface area contributed by atoms with E-state index < -0.39 is 0 Å². The lowest BCUT2D eigenvalue weighted by atomic mass is 10.1. The molecule has 2 rings (SSSR count). The predicted molar refractivity (Wildman–Crippen MR) is 56.0 cm³/mol. The highest BCUT2D eigenvalue weighted by molar-refractivity contribution is 5.13. The van der Waals surface area contributed by atoms with E-state index in [0.717, 1.165) is 12.1 Å². The Bertz CT molecular complexity index is 385. The van der Waals surface area contributed by atoms with E-state index in [2.05, 4.69) is 28.4 Å². The van der Waals surface area contributed by atoms with E-state index in [1.165, 1.54) is 5.56 Å². The summed E-state index contributed by atoms with van der Waals surface area (Å²) >= 11 is 0. The molecule has 0 aliphatic heterocycles. The second-order valence-corrected chi connectivity index (χ2v) is 3.42. The maximum atomic E-state index is 4.75. The number of hydrogen-bond donors (Lipinski definition) is 1. The summed E-state index contributed by atoms with van der Waals surface area (Å²) in [6.45, 7) is 2.85. The molecule has 78 valence electrons. The fraction of sp³-hybridized carbons (Fsp3) is 0.273. The molecule has 0 aliphatic carbocycles. The molecule has 0 fully saturated rings. The number of hydrogen-bond acceptors (Lipinski definition) is 4. The fourth-order valence-corrected chi connectivity index (χ4v) is 1.33. The molecular formula is C11H13N3O. The Morgan fingerprint density at radius 2 is 2.40 bits per heavy atom. The third-order valence-corrected chi connectivity index (χ3v) is 2.28. The highest BCUT2D eigenvalue weighted by Crippen LogP contribution is 2.10. The molecule has 0 saturated heterocycles. The molecule has 15 heavy (non-hydrogen) atoms. The van der Waals surface area contributed by atoms with Crippen LogP contribution in [0.4, 0.5) is 0 Å². The Labute approximate surface area is 88.3 Å². The van der Waals surface area contributed by atoms with E-state index in [0.29, 0.717) is 0 Å². The van der Waals surface area contributed by atoms with Crippen LogP contribution in [-0.2, 0) is 6.54 Å². The van der Waals surface area contributed by atoms with E-state index >= 15 is 0 Å². The Kier molecular flexibility index (Phi) is 3.09. The summed E-state index contributed by atoms with van der Waals surface area (Å²) in [5.41, 5.74) is 2.22. The summed E-state index contributed by atoms with van der Waals surface area (Å²) in [7, 11) is 0. The molecule has 2 aromatic heterocycles. The van der Waals surface area contributed by atoms with Crippen molar-refractivity contribution in [2.24, 2.45) is 0 Å². The first-order valence-corrected chi connectivity index (χ1v) is 4.88. The molecule has 0 amide bonds. The van der Waals surface area contributed by atoms with Gasteiger partial charge >= 0.3 is 0 Å². The van der Waals surface area contributed by atoms with Crippen molar-refractivity contribution in [3.63, 3.8) is 0 Å². The molecule has 2 heterocycles. The number of nitrogens with zero attached hydrogens (tertiary/aromatic N) is 2. The maximum absolute atomic E-state index is 4.75. The third kappa shape index (κ3) is 2.63. The van der Waals surface area contributed by atoms with Gasteiger partial charge < -0.3 is 9.84 Å². The van der Waals surface area contributed by atoms with Gasteiger partial charge in [0.15, 0.2) is 0 Å². The Hall–Kier alpha value is -1.68. The van der Waals surface area contributed by atoms with Crippen molar-refractivity contribution in [3.8, 4) is 0 Å². The van der Waals surface area contributed by atoms with Gasteiger partial charge in [-0.05, 0) is 18.6 Å². The minimum atomic E-state index is 0.272. The zero-order valence-electron chi connectivity index (χ0n) is 8.55. The molecule has 1 atom stereocenters. The van der Waals surface area contributed by atoms with Crippen molar-refractivity contribution in [1.82, 2.24) is 15.5 Å². The lowest BCUT2D eigenvalue weighted by Crippen LogP contribution is -2.17. The first-order valence-electron chi connectivity index (χ1n) is 4.88. The minimum absolute atomic E-state index is 0.272. The number of rotatable bonds is 4. The van der Waals surface area contributed by atoms with Crippen LogP contribution in [-0.4, -0.2) is 10.1 Å². The van der Waals surface area contributed by atoms with Crippen LogP contribution < -0.4 is 5.32 Å². The molecule has 0 aliphatic rings. The minimum Gasteiger partial charge on any atom is -0.364 e. The largest absolute Gasteiger partial charge is 0.364 e. The Morgan fingerprint density at radius 1 is 1.47 bits per heavy atom. The van der Waals surface area contributed by atoms with E-state index in [9.17, 15) is 0 Å². The predicted octanol–water partition coefficient (Wildman–Crippen LogP) is 1.92.